The van der Waals surface area contributed by atoms with Gasteiger partial charge < -0.3 is 4.90 Å². The lowest BCUT2D eigenvalue weighted by Crippen LogP contribution is -2.42. The van der Waals surface area contributed by atoms with Gasteiger partial charge in [-0.05, 0) is 81.1 Å². The van der Waals surface area contributed by atoms with E-state index >= 15 is 0 Å². The highest BCUT2D eigenvalue weighted by molar-refractivity contribution is 5.33. The Labute approximate surface area is 147 Å². The maximum absolute atomic E-state index is 8.93. The Kier molecular flexibility index (Phi) is 6.32. The summed E-state index contributed by atoms with van der Waals surface area (Å²) in [7, 11) is 0. The van der Waals surface area contributed by atoms with E-state index in [9.17, 15) is 0 Å². The van der Waals surface area contributed by atoms with Crippen LogP contribution in [0.3, 0.4) is 0 Å². The minimum atomic E-state index is 0.690. The molecule has 0 amide bonds. The molecular weight excluding hydrogens is 292 g/mol. The summed E-state index contributed by atoms with van der Waals surface area (Å²) in [6.07, 6.45) is 12.6. The molecule has 1 saturated carbocycles. The van der Waals surface area contributed by atoms with Crippen molar-refractivity contribution in [1.29, 1.82) is 5.26 Å². The Morgan fingerprint density at radius 3 is 2.25 bits per heavy atom. The van der Waals surface area contributed by atoms with E-state index in [-0.39, 0.29) is 0 Å². The van der Waals surface area contributed by atoms with E-state index in [1.165, 1.54) is 76.4 Å². The predicted octanol–water partition coefficient (Wildman–Crippen LogP) is 5.49. The summed E-state index contributed by atoms with van der Waals surface area (Å²) in [4.78, 5) is 2.77. The largest absolute Gasteiger partial charge is 0.300 e. The van der Waals surface area contributed by atoms with Crippen LogP contribution in [0, 0.1) is 17.2 Å². The van der Waals surface area contributed by atoms with Gasteiger partial charge in [-0.15, -0.1) is 0 Å². The number of hydrogen-bond acceptors (Lipinski definition) is 2. The van der Waals surface area contributed by atoms with Gasteiger partial charge in [0.05, 0.1) is 11.6 Å². The Morgan fingerprint density at radius 1 is 1.00 bits per heavy atom. The summed E-state index contributed by atoms with van der Waals surface area (Å²) in [6.45, 7) is 4.83. The summed E-state index contributed by atoms with van der Waals surface area (Å²) in [6, 6.07) is 11.3. The quantitative estimate of drug-likeness (QED) is 0.716. The maximum atomic E-state index is 8.93. The third-order valence-corrected chi connectivity index (χ3v) is 6.34. The summed E-state index contributed by atoms with van der Waals surface area (Å²) >= 11 is 0. The molecule has 0 bridgehead atoms. The molecule has 0 N–H and O–H groups in total. The number of piperidine rings is 1. The zero-order valence-corrected chi connectivity index (χ0v) is 15.2. The highest BCUT2D eigenvalue weighted by atomic mass is 15.2. The first-order chi connectivity index (χ1) is 11.8. The van der Waals surface area contributed by atoms with Gasteiger partial charge >= 0.3 is 0 Å². The zero-order chi connectivity index (χ0) is 16.8. The summed E-state index contributed by atoms with van der Waals surface area (Å²) in [5.74, 6) is 1.70. The maximum Gasteiger partial charge on any atom is 0.0991 e. The molecule has 0 unspecified atom stereocenters. The molecule has 1 aromatic carbocycles. The van der Waals surface area contributed by atoms with Crippen molar-refractivity contribution < 1.29 is 0 Å². The van der Waals surface area contributed by atoms with Gasteiger partial charge in [0.25, 0.3) is 0 Å². The lowest BCUT2D eigenvalue weighted by molar-refractivity contribution is 0.105. The van der Waals surface area contributed by atoms with E-state index in [4.69, 9.17) is 5.26 Å². The average Bonchev–Trinajstić information content (AvgIpc) is 2.67. The van der Waals surface area contributed by atoms with Crippen molar-refractivity contribution in [3.63, 3.8) is 0 Å². The first-order valence-electron chi connectivity index (χ1n) is 10.0. The normalized spacial score (nSPS) is 26.2. The third kappa shape index (κ3) is 4.39. The van der Waals surface area contributed by atoms with Crippen LogP contribution in [0.4, 0.5) is 0 Å². The SMILES string of the molecule is CCCC[C@H]1CC[C@H](N2CCC(c3ccc(C#N)cc3)CC2)CC1. The molecule has 24 heavy (non-hydrogen) atoms. The monoisotopic (exact) mass is 324 g/mol. The molecule has 2 aliphatic rings. The predicted molar refractivity (Wildman–Crippen MR) is 100.0 cm³/mol. The van der Waals surface area contributed by atoms with Crippen LogP contribution in [0.25, 0.3) is 0 Å². The van der Waals surface area contributed by atoms with Gasteiger partial charge in [0.2, 0.25) is 0 Å². The first-order valence-corrected chi connectivity index (χ1v) is 10.0. The summed E-state index contributed by atoms with van der Waals surface area (Å²) < 4.78 is 0. The highest BCUT2D eigenvalue weighted by Gasteiger charge is 2.29. The molecule has 1 saturated heterocycles. The number of rotatable bonds is 5. The Morgan fingerprint density at radius 2 is 1.67 bits per heavy atom. The second-order valence-corrected chi connectivity index (χ2v) is 7.86. The van der Waals surface area contributed by atoms with Gasteiger partial charge in [0.15, 0.2) is 0 Å². The number of nitrogens with zero attached hydrogens (tertiary/aromatic N) is 2. The second-order valence-electron chi connectivity index (χ2n) is 7.86. The van der Waals surface area contributed by atoms with Crippen molar-refractivity contribution in [2.45, 2.75) is 76.7 Å². The van der Waals surface area contributed by atoms with Crippen LogP contribution in [-0.4, -0.2) is 24.0 Å². The molecule has 3 rings (SSSR count). The standard InChI is InChI=1S/C22H32N2/c1-2-3-4-18-7-11-22(12-8-18)24-15-13-21(14-16-24)20-9-5-19(17-23)6-10-20/h5-6,9-10,18,21-22H,2-4,7-8,11-16H2,1H3/t18-,22-. The molecule has 2 fully saturated rings. The van der Waals surface area contributed by atoms with Crippen LogP contribution in [0.1, 0.15) is 81.8 Å². The van der Waals surface area contributed by atoms with E-state index in [0.29, 0.717) is 5.92 Å². The fourth-order valence-corrected chi connectivity index (χ4v) is 4.72. The van der Waals surface area contributed by atoms with E-state index in [2.05, 4.69) is 30.0 Å². The summed E-state index contributed by atoms with van der Waals surface area (Å²) in [5, 5.41) is 8.93. The molecule has 1 aliphatic heterocycles. The fourth-order valence-electron chi connectivity index (χ4n) is 4.72. The molecule has 130 valence electrons. The number of unbranched alkanes of at least 4 members (excludes halogenated alkanes) is 1. The van der Waals surface area contributed by atoms with Crippen LogP contribution >= 0.6 is 0 Å². The molecule has 1 aromatic rings. The van der Waals surface area contributed by atoms with E-state index in [0.717, 1.165) is 17.5 Å². The highest BCUT2D eigenvalue weighted by Crippen LogP contribution is 2.34. The van der Waals surface area contributed by atoms with Gasteiger partial charge in [-0.25, -0.2) is 0 Å². The van der Waals surface area contributed by atoms with Crippen molar-refractivity contribution >= 4 is 0 Å². The number of nitriles is 1. The molecule has 0 radical (unpaired) electrons. The van der Waals surface area contributed by atoms with Crippen molar-refractivity contribution in [3.05, 3.63) is 35.4 Å². The Balaban J connectivity index is 1.44. The van der Waals surface area contributed by atoms with Crippen molar-refractivity contribution in [1.82, 2.24) is 4.90 Å². The summed E-state index contributed by atoms with van der Waals surface area (Å²) in [5.41, 5.74) is 2.20. The van der Waals surface area contributed by atoms with Crippen molar-refractivity contribution in [2.24, 2.45) is 5.92 Å². The lowest BCUT2D eigenvalue weighted by atomic mass is 9.81. The van der Waals surface area contributed by atoms with E-state index < -0.39 is 0 Å². The molecule has 0 spiro atoms. The minimum Gasteiger partial charge on any atom is -0.300 e. The first kappa shape index (κ1) is 17.5. The van der Waals surface area contributed by atoms with E-state index in [1.54, 1.807) is 0 Å². The Hall–Kier alpha value is -1.33. The van der Waals surface area contributed by atoms with Crippen molar-refractivity contribution in [3.8, 4) is 6.07 Å². The number of benzene rings is 1. The molecule has 0 aromatic heterocycles. The lowest BCUT2D eigenvalue weighted by Gasteiger charge is -2.41. The van der Waals surface area contributed by atoms with E-state index in [1.807, 2.05) is 12.1 Å². The van der Waals surface area contributed by atoms with Gasteiger partial charge in [0, 0.05) is 6.04 Å². The Bertz CT molecular complexity index is 526. The molecule has 2 heteroatoms. The van der Waals surface area contributed by atoms with Crippen LogP contribution in [-0.2, 0) is 0 Å². The molecule has 1 aliphatic carbocycles. The van der Waals surface area contributed by atoms with Crippen molar-refractivity contribution in [2.75, 3.05) is 13.1 Å². The molecule has 1 heterocycles. The second kappa shape index (κ2) is 8.67. The number of hydrogen-bond donors (Lipinski definition) is 0. The molecule has 2 nitrogen and oxygen atoms in total. The van der Waals surface area contributed by atoms with Crippen LogP contribution < -0.4 is 0 Å². The van der Waals surface area contributed by atoms with Crippen LogP contribution in [0.5, 0.6) is 0 Å². The smallest absolute Gasteiger partial charge is 0.0991 e. The molecular formula is C22H32N2. The average molecular weight is 325 g/mol. The minimum absolute atomic E-state index is 0.690. The fraction of sp³-hybridized carbons (Fsp3) is 0.682. The van der Waals surface area contributed by atoms with Crippen LogP contribution in [0.2, 0.25) is 0 Å². The van der Waals surface area contributed by atoms with Gasteiger partial charge in [-0.2, -0.15) is 5.26 Å². The zero-order valence-electron chi connectivity index (χ0n) is 15.2. The third-order valence-electron chi connectivity index (χ3n) is 6.34. The van der Waals surface area contributed by atoms with Gasteiger partial charge in [-0.1, -0.05) is 38.3 Å². The van der Waals surface area contributed by atoms with Gasteiger partial charge in [-0.3, -0.25) is 0 Å². The van der Waals surface area contributed by atoms with Crippen LogP contribution in [0.15, 0.2) is 24.3 Å². The molecule has 0 atom stereocenters. The number of likely N-dealkylation sites (tertiary alicyclic amines) is 1. The van der Waals surface area contributed by atoms with Gasteiger partial charge in [0.1, 0.15) is 0 Å². The topological polar surface area (TPSA) is 27.0 Å².